The van der Waals surface area contributed by atoms with Crippen LogP contribution in [-0.4, -0.2) is 27.6 Å². The van der Waals surface area contributed by atoms with Crippen LogP contribution in [0.25, 0.3) is 0 Å². The molecular weight excluding hydrogens is 244 g/mol. The van der Waals surface area contributed by atoms with Crippen LogP contribution in [0, 0.1) is 0 Å². The molecule has 1 aromatic rings. The number of carboxylic acid groups (broad SMARTS) is 1. The second-order valence-corrected chi connectivity index (χ2v) is 4.24. The fraction of sp³-hybridized carbons (Fsp3) is 0.455. The molecule has 17 heavy (non-hydrogen) atoms. The minimum Gasteiger partial charge on any atom is -0.480 e. The summed E-state index contributed by atoms with van der Waals surface area (Å²) in [5.41, 5.74) is 0.345. The van der Waals surface area contributed by atoms with E-state index in [4.69, 9.17) is 16.7 Å². The lowest BCUT2D eigenvalue weighted by Gasteiger charge is -2.13. The van der Waals surface area contributed by atoms with Crippen LogP contribution in [0.1, 0.15) is 30.3 Å². The van der Waals surface area contributed by atoms with Gasteiger partial charge in [0.2, 0.25) is 0 Å². The van der Waals surface area contributed by atoms with Gasteiger partial charge in [-0.3, -0.25) is 4.79 Å². The summed E-state index contributed by atoms with van der Waals surface area (Å²) < 4.78 is 1.56. The summed E-state index contributed by atoms with van der Waals surface area (Å²) in [6, 6.07) is 0.642. The standard InChI is InChI=1S/C11H15ClN2O3/c1-3-4-8(11(16)17)13-10(15)9-5-7(12)6-14(9)2/h5-6,8H,3-4H2,1-2H3,(H,13,15)(H,16,17)/t8-/m1/s1. The molecule has 2 N–H and O–H groups in total. The Morgan fingerprint density at radius 2 is 2.24 bits per heavy atom. The van der Waals surface area contributed by atoms with Gasteiger partial charge in [-0.1, -0.05) is 24.9 Å². The van der Waals surface area contributed by atoms with Gasteiger partial charge in [-0.15, -0.1) is 0 Å². The van der Waals surface area contributed by atoms with Crippen molar-refractivity contribution in [3.8, 4) is 0 Å². The van der Waals surface area contributed by atoms with Crippen LogP contribution < -0.4 is 5.32 Å². The smallest absolute Gasteiger partial charge is 0.326 e. The summed E-state index contributed by atoms with van der Waals surface area (Å²) in [5.74, 6) is -1.46. The van der Waals surface area contributed by atoms with E-state index in [1.165, 1.54) is 6.07 Å². The molecule has 6 heteroatoms. The van der Waals surface area contributed by atoms with E-state index in [0.29, 0.717) is 23.6 Å². The number of carbonyl (C=O) groups excluding carboxylic acids is 1. The summed E-state index contributed by atoms with van der Waals surface area (Å²) in [4.78, 5) is 22.7. The van der Waals surface area contributed by atoms with Crippen LogP contribution >= 0.6 is 11.6 Å². The molecule has 0 saturated carbocycles. The van der Waals surface area contributed by atoms with E-state index in [1.807, 2.05) is 6.92 Å². The van der Waals surface area contributed by atoms with Crippen molar-refractivity contribution in [3.05, 3.63) is 23.0 Å². The summed E-state index contributed by atoms with van der Waals surface area (Å²) in [5, 5.41) is 11.8. The summed E-state index contributed by atoms with van der Waals surface area (Å²) in [6.45, 7) is 1.86. The summed E-state index contributed by atoms with van der Waals surface area (Å²) in [6.07, 6.45) is 2.68. The quantitative estimate of drug-likeness (QED) is 0.844. The third-order valence-electron chi connectivity index (χ3n) is 2.38. The van der Waals surface area contributed by atoms with Crippen molar-refractivity contribution in [2.45, 2.75) is 25.8 Å². The van der Waals surface area contributed by atoms with Crippen LogP contribution in [-0.2, 0) is 11.8 Å². The first-order valence-corrected chi connectivity index (χ1v) is 5.69. The monoisotopic (exact) mass is 258 g/mol. The molecule has 0 radical (unpaired) electrons. The topological polar surface area (TPSA) is 71.3 Å². The SMILES string of the molecule is CCC[C@@H](NC(=O)c1cc(Cl)cn1C)C(=O)O. The Morgan fingerprint density at radius 3 is 2.65 bits per heavy atom. The van der Waals surface area contributed by atoms with Crippen LogP contribution in [0.5, 0.6) is 0 Å². The average Bonchev–Trinajstić information content (AvgIpc) is 2.57. The van der Waals surface area contributed by atoms with Crippen molar-refractivity contribution in [2.75, 3.05) is 0 Å². The van der Waals surface area contributed by atoms with Gasteiger partial charge in [0, 0.05) is 13.2 Å². The lowest BCUT2D eigenvalue weighted by Crippen LogP contribution is -2.41. The molecule has 1 amide bonds. The first-order chi connectivity index (χ1) is 7.95. The molecule has 0 aliphatic heterocycles. The number of carbonyl (C=O) groups is 2. The molecule has 1 heterocycles. The highest BCUT2D eigenvalue weighted by molar-refractivity contribution is 6.31. The molecule has 0 aliphatic carbocycles. The number of halogens is 1. The molecule has 94 valence electrons. The second kappa shape index (κ2) is 5.72. The van der Waals surface area contributed by atoms with E-state index in [-0.39, 0.29) is 0 Å². The molecule has 0 aromatic carbocycles. The number of carboxylic acids is 1. The van der Waals surface area contributed by atoms with Gasteiger partial charge in [0.1, 0.15) is 11.7 Å². The number of hydrogen-bond donors (Lipinski definition) is 2. The van der Waals surface area contributed by atoms with Crippen molar-refractivity contribution in [1.29, 1.82) is 0 Å². The number of aromatic nitrogens is 1. The van der Waals surface area contributed by atoms with Crippen LogP contribution in [0.4, 0.5) is 0 Å². The Kier molecular flexibility index (Phi) is 4.57. The molecular formula is C11H15ClN2O3. The first kappa shape index (κ1) is 13.6. The van der Waals surface area contributed by atoms with E-state index in [2.05, 4.69) is 5.32 Å². The molecule has 0 saturated heterocycles. The first-order valence-electron chi connectivity index (χ1n) is 5.31. The van der Waals surface area contributed by atoms with Crippen molar-refractivity contribution in [2.24, 2.45) is 7.05 Å². The highest BCUT2D eigenvalue weighted by Gasteiger charge is 2.21. The van der Waals surface area contributed by atoms with Crippen molar-refractivity contribution in [1.82, 2.24) is 9.88 Å². The number of amides is 1. The number of aryl methyl sites for hydroxylation is 1. The second-order valence-electron chi connectivity index (χ2n) is 3.81. The molecule has 5 nitrogen and oxygen atoms in total. The molecule has 0 spiro atoms. The van der Waals surface area contributed by atoms with Crippen molar-refractivity contribution < 1.29 is 14.7 Å². The molecule has 0 unspecified atom stereocenters. The molecule has 0 aliphatic rings. The Labute approximate surface area is 104 Å². The Balaban J connectivity index is 2.77. The lowest BCUT2D eigenvalue weighted by molar-refractivity contribution is -0.139. The van der Waals surface area contributed by atoms with Gasteiger partial charge in [0.15, 0.2) is 0 Å². The molecule has 1 atom stereocenters. The largest absolute Gasteiger partial charge is 0.480 e. The minimum atomic E-state index is -1.03. The highest BCUT2D eigenvalue weighted by Crippen LogP contribution is 2.13. The predicted molar refractivity (Wildman–Crippen MR) is 64.2 cm³/mol. The maximum Gasteiger partial charge on any atom is 0.326 e. The van der Waals surface area contributed by atoms with Gasteiger partial charge >= 0.3 is 5.97 Å². The number of nitrogens with one attached hydrogen (secondary N) is 1. The van der Waals surface area contributed by atoms with Crippen molar-refractivity contribution in [3.63, 3.8) is 0 Å². The fourth-order valence-electron chi connectivity index (χ4n) is 1.53. The highest BCUT2D eigenvalue weighted by atomic mass is 35.5. The van der Waals surface area contributed by atoms with E-state index < -0.39 is 17.9 Å². The number of hydrogen-bond acceptors (Lipinski definition) is 2. The zero-order chi connectivity index (χ0) is 13.0. The van der Waals surface area contributed by atoms with Gasteiger partial charge < -0.3 is 15.0 Å². The zero-order valence-electron chi connectivity index (χ0n) is 9.74. The fourth-order valence-corrected chi connectivity index (χ4v) is 1.78. The van der Waals surface area contributed by atoms with Crippen LogP contribution in [0.2, 0.25) is 5.02 Å². The molecule has 1 aromatic heterocycles. The van der Waals surface area contributed by atoms with Gasteiger partial charge in [-0.05, 0) is 12.5 Å². The number of nitrogens with zero attached hydrogens (tertiary/aromatic N) is 1. The lowest BCUT2D eigenvalue weighted by atomic mass is 10.1. The Bertz CT molecular complexity index is 428. The van der Waals surface area contributed by atoms with E-state index >= 15 is 0 Å². The van der Waals surface area contributed by atoms with E-state index in [0.717, 1.165) is 0 Å². The normalized spacial score (nSPS) is 12.2. The van der Waals surface area contributed by atoms with Gasteiger partial charge in [-0.2, -0.15) is 0 Å². The minimum absolute atomic E-state index is 0.345. The molecule has 1 rings (SSSR count). The van der Waals surface area contributed by atoms with Crippen molar-refractivity contribution >= 4 is 23.5 Å². The van der Waals surface area contributed by atoms with Gasteiger partial charge in [-0.25, -0.2) is 4.79 Å². The van der Waals surface area contributed by atoms with Gasteiger partial charge in [0.05, 0.1) is 5.02 Å². The average molecular weight is 259 g/mol. The van der Waals surface area contributed by atoms with Crippen LogP contribution in [0.15, 0.2) is 12.3 Å². The van der Waals surface area contributed by atoms with E-state index in [9.17, 15) is 9.59 Å². The number of aliphatic carboxylic acids is 1. The molecule has 0 bridgehead atoms. The maximum atomic E-state index is 11.8. The third kappa shape index (κ3) is 3.49. The maximum absolute atomic E-state index is 11.8. The predicted octanol–water partition coefficient (Wildman–Crippen LogP) is 1.66. The van der Waals surface area contributed by atoms with Crippen LogP contribution in [0.3, 0.4) is 0 Å². The Morgan fingerprint density at radius 1 is 1.59 bits per heavy atom. The summed E-state index contributed by atoms with van der Waals surface area (Å²) >= 11 is 5.75. The summed E-state index contributed by atoms with van der Waals surface area (Å²) in [7, 11) is 1.68. The third-order valence-corrected chi connectivity index (χ3v) is 2.59. The Hall–Kier alpha value is -1.49. The zero-order valence-corrected chi connectivity index (χ0v) is 10.5. The molecule has 0 fully saturated rings. The number of rotatable bonds is 5. The van der Waals surface area contributed by atoms with E-state index in [1.54, 1.807) is 17.8 Å². The van der Waals surface area contributed by atoms with Gasteiger partial charge in [0.25, 0.3) is 5.91 Å².